The van der Waals surface area contributed by atoms with Crippen molar-refractivity contribution in [2.45, 2.75) is 25.3 Å². The Morgan fingerprint density at radius 1 is 1.29 bits per heavy atom. The fourth-order valence-electron chi connectivity index (χ4n) is 1.81. The van der Waals surface area contributed by atoms with Crippen LogP contribution in [-0.2, 0) is 10.3 Å². The molecule has 0 spiro atoms. The Hall–Kier alpha value is -1.00. The third kappa shape index (κ3) is 3.23. The van der Waals surface area contributed by atoms with Gasteiger partial charge in [0.25, 0.3) is 6.43 Å². The molecule has 0 radical (unpaired) electrons. The number of methoxy groups -OCH3 is 1. The van der Waals surface area contributed by atoms with Crippen LogP contribution < -0.4 is 5.32 Å². The molecule has 0 amide bonds. The van der Waals surface area contributed by atoms with Crippen LogP contribution in [0, 0.1) is 0 Å². The molecule has 0 bridgehead atoms. The van der Waals surface area contributed by atoms with Crippen LogP contribution >= 0.6 is 0 Å². The second kappa shape index (κ2) is 6.67. The van der Waals surface area contributed by atoms with Crippen LogP contribution in [0.3, 0.4) is 0 Å². The highest BCUT2D eigenvalue weighted by Crippen LogP contribution is 2.28. The molecule has 0 aliphatic heterocycles. The van der Waals surface area contributed by atoms with Gasteiger partial charge in [0.05, 0.1) is 6.61 Å². The van der Waals surface area contributed by atoms with Crippen molar-refractivity contribution in [2.24, 2.45) is 0 Å². The number of rotatable bonds is 7. The summed E-state index contributed by atoms with van der Waals surface area (Å²) >= 11 is 0. The molecule has 0 fully saturated rings. The molecule has 17 heavy (non-hydrogen) atoms. The average molecular weight is 243 g/mol. The van der Waals surface area contributed by atoms with Crippen LogP contribution in [0.15, 0.2) is 30.3 Å². The van der Waals surface area contributed by atoms with Gasteiger partial charge in [0.2, 0.25) is 0 Å². The zero-order valence-corrected chi connectivity index (χ0v) is 10.2. The summed E-state index contributed by atoms with van der Waals surface area (Å²) in [4.78, 5) is 0. The second-order valence-electron chi connectivity index (χ2n) is 4.00. The summed E-state index contributed by atoms with van der Waals surface area (Å²) in [7, 11) is 1.44. The van der Waals surface area contributed by atoms with Gasteiger partial charge in [-0.15, -0.1) is 0 Å². The lowest BCUT2D eigenvalue weighted by Gasteiger charge is -2.34. The Balaban J connectivity index is 3.05. The van der Waals surface area contributed by atoms with Crippen LogP contribution in [0.1, 0.15) is 18.9 Å². The smallest absolute Gasteiger partial charge is 0.262 e. The molecule has 0 aliphatic carbocycles. The van der Waals surface area contributed by atoms with Crippen molar-refractivity contribution in [3.8, 4) is 0 Å². The fraction of sp³-hybridized carbons (Fsp3) is 0.538. The molecule has 4 heteroatoms. The Morgan fingerprint density at radius 3 is 2.41 bits per heavy atom. The highest BCUT2D eigenvalue weighted by molar-refractivity contribution is 5.25. The predicted octanol–water partition coefficient (Wildman–Crippen LogP) is 2.79. The largest absolute Gasteiger partial charge is 0.382 e. The normalized spacial score (nSPS) is 14.9. The molecule has 1 aromatic carbocycles. The zero-order chi connectivity index (χ0) is 12.7. The summed E-state index contributed by atoms with van der Waals surface area (Å²) < 4.78 is 31.8. The summed E-state index contributed by atoms with van der Waals surface area (Å²) in [5.41, 5.74) is -0.850. The molecule has 1 rings (SSSR count). The van der Waals surface area contributed by atoms with E-state index in [2.05, 4.69) is 5.32 Å². The van der Waals surface area contributed by atoms with E-state index in [0.29, 0.717) is 12.1 Å². The lowest BCUT2D eigenvalue weighted by atomic mass is 9.90. The molecule has 0 heterocycles. The quantitative estimate of drug-likeness (QED) is 0.795. The number of hydrogen-bond donors (Lipinski definition) is 1. The van der Waals surface area contributed by atoms with Gasteiger partial charge in [0, 0.05) is 7.11 Å². The number of nitrogens with one attached hydrogen (secondary N) is 1. The van der Waals surface area contributed by atoms with E-state index in [1.54, 1.807) is 24.3 Å². The fourth-order valence-corrected chi connectivity index (χ4v) is 1.81. The van der Waals surface area contributed by atoms with Gasteiger partial charge < -0.3 is 10.1 Å². The molecule has 0 aromatic heterocycles. The van der Waals surface area contributed by atoms with Gasteiger partial charge in [0.1, 0.15) is 5.54 Å². The molecular weight excluding hydrogens is 224 g/mol. The number of hydrogen-bond acceptors (Lipinski definition) is 2. The van der Waals surface area contributed by atoms with Crippen LogP contribution in [0.5, 0.6) is 0 Å². The highest BCUT2D eigenvalue weighted by atomic mass is 19.3. The maximum Gasteiger partial charge on any atom is 0.262 e. The first-order valence-electron chi connectivity index (χ1n) is 5.75. The third-order valence-electron chi connectivity index (χ3n) is 2.72. The predicted molar refractivity (Wildman–Crippen MR) is 64.3 cm³/mol. The van der Waals surface area contributed by atoms with E-state index in [4.69, 9.17) is 4.74 Å². The van der Waals surface area contributed by atoms with E-state index in [1.807, 2.05) is 13.0 Å². The van der Waals surface area contributed by atoms with E-state index < -0.39 is 12.0 Å². The summed E-state index contributed by atoms with van der Waals surface area (Å²) in [5, 5.41) is 2.92. The highest BCUT2D eigenvalue weighted by Gasteiger charge is 2.41. The van der Waals surface area contributed by atoms with Crippen molar-refractivity contribution in [1.82, 2.24) is 5.32 Å². The Morgan fingerprint density at radius 2 is 1.94 bits per heavy atom. The van der Waals surface area contributed by atoms with Gasteiger partial charge in [-0.2, -0.15) is 0 Å². The third-order valence-corrected chi connectivity index (χ3v) is 2.72. The van der Waals surface area contributed by atoms with Crippen LogP contribution in [-0.4, -0.2) is 26.7 Å². The molecule has 0 saturated carbocycles. The van der Waals surface area contributed by atoms with Gasteiger partial charge in [-0.3, -0.25) is 0 Å². The molecule has 0 aliphatic rings. The lowest BCUT2D eigenvalue weighted by Crippen LogP contribution is -2.52. The first kappa shape index (κ1) is 14.1. The number of benzene rings is 1. The number of halogens is 2. The van der Waals surface area contributed by atoms with Gasteiger partial charge in [0.15, 0.2) is 0 Å². The Bertz CT molecular complexity index is 318. The summed E-state index contributed by atoms with van der Waals surface area (Å²) in [6.45, 7) is 2.43. The van der Waals surface area contributed by atoms with Crippen molar-refractivity contribution in [1.29, 1.82) is 0 Å². The minimum absolute atomic E-state index is 0.0469. The van der Waals surface area contributed by atoms with Crippen LogP contribution in [0.4, 0.5) is 8.78 Å². The Labute approximate surface area is 101 Å². The minimum atomic E-state index is -2.52. The van der Waals surface area contributed by atoms with Crippen molar-refractivity contribution in [3.05, 3.63) is 35.9 Å². The average Bonchev–Trinajstić information content (AvgIpc) is 2.35. The first-order chi connectivity index (χ1) is 8.17. The SMILES string of the molecule is CCCNC(COC)(c1ccccc1)C(F)F. The second-order valence-corrected chi connectivity index (χ2v) is 4.00. The molecule has 1 aromatic rings. The van der Waals surface area contributed by atoms with E-state index >= 15 is 0 Å². The first-order valence-corrected chi connectivity index (χ1v) is 5.75. The molecule has 0 saturated heterocycles. The molecule has 2 nitrogen and oxygen atoms in total. The van der Waals surface area contributed by atoms with Crippen LogP contribution in [0.25, 0.3) is 0 Å². The summed E-state index contributed by atoms with van der Waals surface area (Å²) in [6.07, 6.45) is -1.72. The molecule has 1 unspecified atom stereocenters. The van der Waals surface area contributed by atoms with Gasteiger partial charge >= 0.3 is 0 Å². The van der Waals surface area contributed by atoms with Crippen molar-refractivity contribution < 1.29 is 13.5 Å². The summed E-state index contributed by atoms with van der Waals surface area (Å²) in [6, 6.07) is 8.74. The van der Waals surface area contributed by atoms with Crippen molar-refractivity contribution in [2.75, 3.05) is 20.3 Å². The topological polar surface area (TPSA) is 21.3 Å². The zero-order valence-electron chi connectivity index (χ0n) is 10.2. The monoisotopic (exact) mass is 243 g/mol. The molecule has 1 atom stereocenters. The van der Waals surface area contributed by atoms with Gasteiger partial charge in [-0.25, -0.2) is 8.78 Å². The number of ether oxygens (including phenoxy) is 1. The van der Waals surface area contributed by atoms with Gasteiger partial charge in [-0.05, 0) is 18.5 Å². The standard InChI is InChI=1S/C13H19F2NO/c1-3-9-16-13(10-17-2,12(14)15)11-7-5-4-6-8-11/h4-8,12,16H,3,9-10H2,1-2H3. The van der Waals surface area contributed by atoms with Gasteiger partial charge in [-0.1, -0.05) is 37.3 Å². The molecule has 96 valence electrons. The minimum Gasteiger partial charge on any atom is -0.382 e. The molecular formula is C13H19F2NO. The van der Waals surface area contributed by atoms with E-state index in [-0.39, 0.29) is 6.61 Å². The lowest BCUT2D eigenvalue weighted by molar-refractivity contribution is -0.0217. The van der Waals surface area contributed by atoms with Crippen molar-refractivity contribution in [3.63, 3.8) is 0 Å². The van der Waals surface area contributed by atoms with E-state index in [1.165, 1.54) is 7.11 Å². The maximum atomic E-state index is 13.4. The van der Waals surface area contributed by atoms with Crippen LogP contribution in [0.2, 0.25) is 0 Å². The maximum absolute atomic E-state index is 13.4. The molecule has 1 N–H and O–H groups in total. The Kier molecular flexibility index (Phi) is 5.51. The summed E-state index contributed by atoms with van der Waals surface area (Å²) in [5.74, 6) is 0. The van der Waals surface area contributed by atoms with E-state index in [9.17, 15) is 8.78 Å². The van der Waals surface area contributed by atoms with Crippen molar-refractivity contribution >= 4 is 0 Å². The number of alkyl halides is 2. The van der Waals surface area contributed by atoms with E-state index in [0.717, 1.165) is 6.42 Å².